The summed E-state index contributed by atoms with van der Waals surface area (Å²) in [5.41, 5.74) is 0.808. The Morgan fingerprint density at radius 1 is 1.21 bits per heavy atom. The number of rotatable bonds is 8. The summed E-state index contributed by atoms with van der Waals surface area (Å²) in [6.07, 6.45) is -4.19. The molecule has 0 saturated carbocycles. The van der Waals surface area contributed by atoms with E-state index in [1.807, 2.05) is 19.0 Å². The number of halogens is 4. The quantitative estimate of drug-likeness (QED) is 0.500. The van der Waals surface area contributed by atoms with E-state index >= 15 is 0 Å². The second-order valence-electron chi connectivity index (χ2n) is 7.66. The SMILES string of the molecule is CN(C)C(CCC(=O)O)c1ccc(Cl)cc1Cn1nc(-c2ccc(C(F)(F)F)cc2)oc1=O. The molecule has 1 unspecified atom stereocenters. The van der Waals surface area contributed by atoms with Gasteiger partial charge in [0.05, 0.1) is 12.1 Å². The van der Waals surface area contributed by atoms with Crippen LogP contribution in [0, 0.1) is 0 Å². The van der Waals surface area contributed by atoms with Crippen LogP contribution in [0.5, 0.6) is 0 Å². The van der Waals surface area contributed by atoms with Crippen molar-refractivity contribution < 1.29 is 27.5 Å². The molecular weight excluding hydrogens is 463 g/mol. The Labute approximate surface area is 192 Å². The molecule has 0 fully saturated rings. The average molecular weight is 484 g/mol. The molecule has 11 heteroatoms. The van der Waals surface area contributed by atoms with Crippen LogP contribution in [0.3, 0.4) is 0 Å². The number of hydrogen-bond acceptors (Lipinski definition) is 5. The van der Waals surface area contributed by atoms with Crippen molar-refractivity contribution in [3.63, 3.8) is 0 Å². The molecule has 7 nitrogen and oxygen atoms in total. The van der Waals surface area contributed by atoms with Crippen LogP contribution in [0.4, 0.5) is 13.2 Å². The van der Waals surface area contributed by atoms with E-state index < -0.39 is 23.5 Å². The molecule has 1 N–H and O–H groups in total. The molecule has 0 amide bonds. The number of benzene rings is 2. The Bertz CT molecular complexity index is 1190. The third-order valence-electron chi connectivity index (χ3n) is 5.10. The molecular formula is C22H21ClF3N3O4. The zero-order chi connectivity index (χ0) is 24.3. The molecule has 0 aliphatic rings. The minimum absolute atomic E-state index is 0.0176. The maximum Gasteiger partial charge on any atom is 0.437 e. The average Bonchev–Trinajstić information content (AvgIpc) is 3.09. The largest absolute Gasteiger partial charge is 0.481 e. The Hall–Kier alpha value is -3.11. The standard InChI is InChI=1S/C22H21ClF3N3O4/c1-28(2)18(9-10-19(30)31)17-8-7-16(23)11-14(17)12-29-21(32)33-20(27-29)13-3-5-15(6-4-13)22(24,25)26/h3-8,11,18H,9-10,12H2,1-2H3,(H,30,31). The van der Waals surface area contributed by atoms with Crippen molar-refractivity contribution in [2.75, 3.05) is 14.1 Å². The molecule has 33 heavy (non-hydrogen) atoms. The lowest BCUT2D eigenvalue weighted by molar-refractivity contribution is -0.138. The second kappa shape index (κ2) is 9.80. The van der Waals surface area contributed by atoms with Gasteiger partial charge in [-0.1, -0.05) is 17.7 Å². The van der Waals surface area contributed by atoms with E-state index in [2.05, 4.69) is 5.10 Å². The highest BCUT2D eigenvalue weighted by atomic mass is 35.5. The van der Waals surface area contributed by atoms with Crippen LogP contribution in [-0.2, 0) is 17.5 Å². The molecule has 1 heterocycles. The third kappa shape index (κ3) is 6.02. The summed E-state index contributed by atoms with van der Waals surface area (Å²) >= 11 is 6.16. The molecule has 2 aromatic carbocycles. The van der Waals surface area contributed by atoms with E-state index in [9.17, 15) is 22.8 Å². The summed E-state index contributed by atoms with van der Waals surface area (Å²) in [6, 6.07) is 8.97. The Morgan fingerprint density at radius 2 is 1.88 bits per heavy atom. The number of alkyl halides is 3. The van der Waals surface area contributed by atoms with Gasteiger partial charge in [-0.3, -0.25) is 4.79 Å². The van der Waals surface area contributed by atoms with Crippen LogP contribution < -0.4 is 5.76 Å². The molecule has 3 aromatic rings. The molecule has 176 valence electrons. The van der Waals surface area contributed by atoms with Crippen molar-refractivity contribution in [1.29, 1.82) is 0 Å². The Balaban J connectivity index is 1.93. The highest BCUT2D eigenvalue weighted by molar-refractivity contribution is 6.30. The summed E-state index contributed by atoms with van der Waals surface area (Å²) in [4.78, 5) is 25.3. The van der Waals surface area contributed by atoms with Gasteiger partial charge in [-0.05, 0) is 68.0 Å². The van der Waals surface area contributed by atoms with Gasteiger partial charge < -0.3 is 14.4 Å². The molecule has 0 aliphatic carbocycles. The van der Waals surface area contributed by atoms with Gasteiger partial charge in [0.1, 0.15) is 0 Å². The lowest BCUT2D eigenvalue weighted by Crippen LogP contribution is -2.24. The minimum Gasteiger partial charge on any atom is -0.481 e. The van der Waals surface area contributed by atoms with Crippen LogP contribution in [0.1, 0.15) is 35.6 Å². The summed E-state index contributed by atoms with van der Waals surface area (Å²) in [6.45, 7) is -0.0176. The predicted octanol–water partition coefficient (Wildman–Crippen LogP) is 4.69. The lowest BCUT2D eigenvalue weighted by atomic mass is 9.95. The molecule has 0 aliphatic heterocycles. The maximum atomic E-state index is 12.8. The lowest BCUT2D eigenvalue weighted by Gasteiger charge is -2.26. The van der Waals surface area contributed by atoms with Crippen LogP contribution in [0.25, 0.3) is 11.5 Å². The fourth-order valence-corrected chi connectivity index (χ4v) is 3.67. The van der Waals surface area contributed by atoms with Crippen LogP contribution in [0.15, 0.2) is 51.7 Å². The Morgan fingerprint density at radius 3 is 2.45 bits per heavy atom. The van der Waals surface area contributed by atoms with Gasteiger partial charge in [-0.25, -0.2) is 4.79 Å². The summed E-state index contributed by atoms with van der Waals surface area (Å²) in [5.74, 6) is -1.83. The molecule has 1 atom stereocenters. The van der Waals surface area contributed by atoms with E-state index in [0.717, 1.165) is 22.4 Å². The van der Waals surface area contributed by atoms with E-state index in [0.29, 0.717) is 17.0 Å². The predicted molar refractivity (Wildman–Crippen MR) is 115 cm³/mol. The molecule has 0 spiro atoms. The van der Waals surface area contributed by atoms with Gasteiger partial charge in [0, 0.05) is 23.0 Å². The fraction of sp³-hybridized carbons (Fsp3) is 0.318. The number of hydrogen-bond donors (Lipinski definition) is 1. The summed E-state index contributed by atoms with van der Waals surface area (Å²) in [7, 11) is 3.63. The molecule has 0 bridgehead atoms. The smallest absolute Gasteiger partial charge is 0.437 e. The molecule has 0 saturated heterocycles. The van der Waals surface area contributed by atoms with Gasteiger partial charge in [0.25, 0.3) is 0 Å². The van der Waals surface area contributed by atoms with Crippen molar-refractivity contribution in [3.8, 4) is 11.5 Å². The highest BCUT2D eigenvalue weighted by Crippen LogP contribution is 2.31. The molecule has 1 aromatic heterocycles. The van der Waals surface area contributed by atoms with Crippen LogP contribution >= 0.6 is 11.6 Å². The Kier molecular flexibility index (Phi) is 7.28. The van der Waals surface area contributed by atoms with Crippen molar-refractivity contribution in [2.24, 2.45) is 0 Å². The second-order valence-corrected chi connectivity index (χ2v) is 8.10. The zero-order valence-electron chi connectivity index (χ0n) is 17.8. The highest BCUT2D eigenvalue weighted by Gasteiger charge is 2.30. The van der Waals surface area contributed by atoms with Crippen molar-refractivity contribution >= 4 is 17.6 Å². The first kappa shape index (κ1) is 24.5. The summed E-state index contributed by atoms with van der Waals surface area (Å²) in [5, 5.41) is 13.6. The van der Waals surface area contributed by atoms with E-state index in [4.69, 9.17) is 21.1 Å². The molecule has 0 radical (unpaired) electrons. The normalized spacial score (nSPS) is 12.8. The number of aliphatic carboxylic acids is 1. The van der Waals surface area contributed by atoms with Crippen molar-refractivity contribution in [3.05, 3.63) is 74.7 Å². The monoisotopic (exact) mass is 483 g/mol. The minimum atomic E-state index is -4.48. The van der Waals surface area contributed by atoms with Crippen LogP contribution in [-0.4, -0.2) is 39.9 Å². The van der Waals surface area contributed by atoms with E-state index in [1.165, 1.54) is 12.1 Å². The van der Waals surface area contributed by atoms with Crippen molar-refractivity contribution in [2.45, 2.75) is 31.6 Å². The van der Waals surface area contributed by atoms with Gasteiger partial charge >= 0.3 is 17.9 Å². The van der Waals surface area contributed by atoms with E-state index in [1.54, 1.807) is 18.2 Å². The zero-order valence-corrected chi connectivity index (χ0v) is 18.5. The first-order valence-corrected chi connectivity index (χ1v) is 10.3. The number of carbonyl (C=O) groups is 1. The van der Waals surface area contributed by atoms with Gasteiger partial charge in [-0.2, -0.15) is 17.9 Å². The topological polar surface area (TPSA) is 88.6 Å². The van der Waals surface area contributed by atoms with Gasteiger partial charge in [0.15, 0.2) is 0 Å². The number of carboxylic acids is 1. The number of nitrogens with zero attached hydrogens (tertiary/aromatic N) is 3. The third-order valence-corrected chi connectivity index (χ3v) is 5.34. The number of carboxylic acid groups (broad SMARTS) is 1. The first-order valence-electron chi connectivity index (χ1n) is 9.88. The number of aromatic nitrogens is 2. The maximum absolute atomic E-state index is 12.8. The first-order chi connectivity index (χ1) is 15.5. The fourth-order valence-electron chi connectivity index (χ4n) is 3.47. The van der Waals surface area contributed by atoms with Crippen molar-refractivity contribution in [1.82, 2.24) is 14.7 Å². The molecule has 3 rings (SSSR count). The summed E-state index contributed by atoms with van der Waals surface area (Å²) < 4.78 is 44.5. The van der Waals surface area contributed by atoms with E-state index in [-0.39, 0.29) is 30.5 Å². The van der Waals surface area contributed by atoms with Gasteiger partial charge in [-0.15, -0.1) is 5.10 Å². The van der Waals surface area contributed by atoms with Gasteiger partial charge in [0.2, 0.25) is 5.89 Å². The van der Waals surface area contributed by atoms with Crippen LogP contribution in [0.2, 0.25) is 5.02 Å².